The van der Waals surface area contributed by atoms with Crippen molar-refractivity contribution in [3.63, 3.8) is 0 Å². The number of benzene rings is 1. The lowest BCUT2D eigenvalue weighted by Crippen LogP contribution is -2.25. The molecule has 0 heterocycles. The van der Waals surface area contributed by atoms with E-state index in [1.165, 1.54) is 6.92 Å². The van der Waals surface area contributed by atoms with E-state index in [0.717, 1.165) is 0 Å². The second-order valence-corrected chi connectivity index (χ2v) is 5.81. The van der Waals surface area contributed by atoms with Gasteiger partial charge < -0.3 is 20.2 Å². The Balaban J connectivity index is 2.86. The highest BCUT2D eigenvalue weighted by atomic mass is 31.2. The molecule has 1 atom stereocenters. The Kier molecular flexibility index (Phi) is 4.51. The van der Waals surface area contributed by atoms with Crippen molar-refractivity contribution >= 4 is 19.3 Å². The van der Waals surface area contributed by atoms with Crippen LogP contribution in [0.2, 0.25) is 0 Å². The molecule has 1 unspecified atom stereocenters. The Bertz CT molecular complexity index is 496. The molecule has 0 saturated carbocycles. The molecule has 4 N–H and O–H groups in total. The maximum Gasteiger partial charge on any atom is 0.329 e. The van der Waals surface area contributed by atoms with E-state index < -0.39 is 19.6 Å². The number of carboxylic acid groups (broad SMARTS) is 1. The van der Waals surface area contributed by atoms with Crippen molar-refractivity contribution in [2.75, 3.05) is 5.32 Å². The first kappa shape index (κ1) is 14.7. The highest BCUT2D eigenvalue weighted by Crippen LogP contribution is 2.40. The van der Waals surface area contributed by atoms with E-state index in [1.54, 1.807) is 25.1 Å². The normalized spacial score (nSPS) is 13.1. The summed E-state index contributed by atoms with van der Waals surface area (Å²) in [5.41, 5.74) is 1.87. The number of hydrogen-bond acceptors (Lipinski definition) is 3. The number of aliphatic carboxylic acids is 1. The van der Waals surface area contributed by atoms with Crippen molar-refractivity contribution < 1.29 is 24.3 Å². The molecule has 0 aliphatic carbocycles. The van der Waals surface area contributed by atoms with Gasteiger partial charge in [0.15, 0.2) is 0 Å². The standard InChI is InChI=1S/C11H16NO5P/c1-7-5-10(12-8(2)11(13)14)4-3-9(7)6-18(15,16)17/h3-5,8,12H,6H2,1-2H3,(H,13,14)(H2,15,16,17). The van der Waals surface area contributed by atoms with Crippen molar-refractivity contribution in [3.8, 4) is 0 Å². The molecule has 0 aromatic heterocycles. The quantitative estimate of drug-likeness (QED) is 0.606. The van der Waals surface area contributed by atoms with Crippen molar-refractivity contribution in [2.45, 2.75) is 26.1 Å². The molecule has 0 aliphatic rings. The van der Waals surface area contributed by atoms with Crippen LogP contribution in [0.4, 0.5) is 5.69 Å². The molecular weight excluding hydrogens is 257 g/mol. The second-order valence-electron chi connectivity index (χ2n) is 4.17. The summed E-state index contributed by atoms with van der Waals surface area (Å²) < 4.78 is 10.9. The number of nitrogens with one attached hydrogen (secondary N) is 1. The number of anilines is 1. The van der Waals surface area contributed by atoms with Gasteiger partial charge in [0.25, 0.3) is 0 Å². The topological polar surface area (TPSA) is 107 Å². The molecule has 0 saturated heterocycles. The van der Waals surface area contributed by atoms with Crippen molar-refractivity contribution in [1.29, 1.82) is 0 Å². The Morgan fingerprint density at radius 2 is 2.06 bits per heavy atom. The average Bonchev–Trinajstić information content (AvgIpc) is 2.20. The van der Waals surface area contributed by atoms with Gasteiger partial charge in [-0.1, -0.05) is 6.07 Å². The zero-order valence-corrected chi connectivity index (χ0v) is 11.0. The molecule has 0 fully saturated rings. The molecule has 18 heavy (non-hydrogen) atoms. The molecule has 6 nitrogen and oxygen atoms in total. The van der Waals surface area contributed by atoms with Gasteiger partial charge in [-0.3, -0.25) is 9.36 Å². The first-order valence-electron chi connectivity index (χ1n) is 5.32. The first-order chi connectivity index (χ1) is 8.19. The van der Waals surface area contributed by atoms with Gasteiger partial charge in [-0.25, -0.2) is 0 Å². The van der Waals surface area contributed by atoms with Gasteiger partial charge in [-0.2, -0.15) is 0 Å². The molecule has 0 spiro atoms. The maximum absolute atomic E-state index is 10.9. The van der Waals surface area contributed by atoms with Gasteiger partial charge in [-0.15, -0.1) is 0 Å². The van der Waals surface area contributed by atoms with Crippen molar-refractivity contribution in [1.82, 2.24) is 0 Å². The van der Waals surface area contributed by atoms with Crippen LogP contribution in [-0.4, -0.2) is 26.9 Å². The summed E-state index contributed by atoms with van der Waals surface area (Å²) in [7, 11) is -4.09. The van der Waals surface area contributed by atoms with E-state index in [0.29, 0.717) is 16.8 Å². The lowest BCUT2D eigenvalue weighted by molar-refractivity contribution is -0.137. The summed E-state index contributed by atoms with van der Waals surface area (Å²) in [6.07, 6.45) is -0.312. The summed E-state index contributed by atoms with van der Waals surface area (Å²) in [6.45, 7) is 3.24. The third kappa shape index (κ3) is 4.49. The van der Waals surface area contributed by atoms with Crippen LogP contribution in [0, 0.1) is 6.92 Å². The fraction of sp³-hybridized carbons (Fsp3) is 0.364. The largest absolute Gasteiger partial charge is 0.480 e. The summed E-state index contributed by atoms with van der Waals surface area (Å²) >= 11 is 0. The van der Waals surface area contributed by atoms with Gasteiger partial charge in [-0.05, 0) is 37.1 Å². The lowest BCUT2D eigenvalue weighted by Gasteiger charge is -2.13. The monoisotopic (exact) mass is 273 g/mol. The van der Waals surface area contributed by atoms with E-state index in [2.05, 4.69) is 5.32 Å². The minimum absolute atomic E-state index is 0.312. The Morgan fingerprint density at radius 3 is 2.50 bits per heavy atom. The molecule has 0 aliphatic heterocycles. The predicted octanol–water partition coefficient (Wildman–Crippen LogP) is 1.56. The number of rotatable bonds is 5. The maximum atomic E-state index is 10.9. The Morgan fingerprint density at radius 1 is 1.44 bits per heavy atom. The van der Waals surface area contributed by atoms with Crippen LogP contribution < -0.4 is 5.32 Å². The molecule has 7 heteroatoms. The first-order valence-corrected chi connectivity index (χ1v) is 7.12. The van der Waals surface area contributed by atoms with Crippen LogP contribution in [0.15, 0.2) is 18.2 Å². The molecule has 0 bridgehead atoms. The SMILES string of the molecule is Cc1cc(NC(C)C(=O)O)ccc1CP(=O)(O)O. The smallest absolute Gasteiger partial charge is 0.329 e. The summed E-state index contributed by atoms with van der Waals surface area (Å²) in [6, 6.07) is 4.14. The van der Waals surface area contributed by atoms with Gasteiger partial charge in [0.2, 0.25) is 0 Å². The van der Waals surface area contributed by atoms with E-state index in [1.807, 2.05) is 0 Å². The molecule has 0 amide bonds. The van der Waals surface area contributed by atoms with E-state index in [4.69, 9.17) is 14.9 Å². The number of aryl methyl sites for hydroxylation is 1. The molecule has 1 aromatic carbocycles. The fourth-order valence-corrected chi connectivity index (χ4v) is 2.30. The van der Waals surface area contributed by atoms with Gasteiger partial charge in [0, 0.05) is 5.69 Å². The van der Waals surface area contributed by atoms with Crippen LogP contribution in [-0.2, 0) is 15.5 Å². The molecule has 1 rings (SSSR count). The minimum atomic E-state index is -4.09. The highest BCUT2D eigenvalue weighted by molar-refractivity contribution is 7.50. The molecule has 0 radical (unpaired) electrons. The van der Waals surface area contributed by atoms with Crippen molar-refractivity contribution in [2.24, 2.45) is 0 Å². The minimum Gasteiger partial charge on any atom is -0.480 e. The summed E-state index contributed by atoms with van der Waals surface area (Å²) in [5.74, 6) is -0.966. The van der Waals surface area contributed by atoms with E-state index >= 15 is 0 Å². The van der Waals surface area contributed by atoms with Crippen LogP contribution in [0.1, 0.15) is 18.1 Å². The van der Waals surface area contributed by atoms with Crippen LogP contribution in [0.3, 0.4) is 0 Å². The summed E-state index contributed by atoms with van der Waals surface area (Å²) in [4.78, 5) is 28.5. The predicted molar refractivity (Wildman–Crippen MR) is 67.6 cm³/mol. The third-order valence-corrected chi connectivity index (χ3v) is 3.23. The van der Waals surface area contributed by atoms with Gasteiger partial charge in [0.1, 0.15) is 6.04 Å². The van der Waals surface area contributed by atoms with Crippen LogP contribution in [0.25, 0.3) is 0 Å². The number of hydrogen-bond donors (Lipinski definition) is 4. The zero-order chi connectivity index (χ0) is 13.9. The third-order valence-electron chi connectivity index (χ3n) is 2.47. The Labute approximate surface area is 105 Å². The summed E-state index contributed by atoms with van der Waals surface area (Å²) in [5, 5.41) is 11.5. The molecular formula is C11H16NO5P. The van der Waals surface area contributed by atoms with Crippen LogP contribution >= 0.6 is 7.60 Å². The van der Waals surface area contributed by atoms with E-state index in [-0.39, 0.29) is 6.16 Å². The lowest BCUT2D eigenvalue weighted by atomic mass is 10.1. The zero-order valence-electron chi connectivity index (χ0n) is 10.1. The molecule has 100 valence electrons. The Hall–Kier alpha value is -1.36. The van der Waals surface area contributed by atoms with Crippen LogP contribution in [0.5, 0.6) is 0 Å². The van der Waals surface area contributed by atoms with Gasteiger partial charge in [0.05, 0.1) is 6.16 Å². The van der Waals surface area contributed by atoms with E-state index in [9.17, 15) is 9.36 Å². The van der Waals surface area contributed by atoms with Crippen molar-refractivity contribution in [3.05, 3.63) is 29.3 Å². The number of carbonyl (C=O) groups is 1. The highest BCUT2D eigenvalue weighted by Gasteiger charge is 2.16. The average molecular weight is 273 g/mol. The molecule has 1 aromatic rings. The number of carboxylic acids is 1. The van der Waals surface area contributed by atoms with Gasteiger partial charge >= 0.3 is 13.6 Å². The fourth-order valence-electron chi connectivity index (χ4n) is 1.50. The second kappa shape index (κ2) is 5.52.